The van der Waals surface area contributed by atoms with Gasteiger partial charge in [0, 0.05) is 31.7 Å². The second kappa shape index (κ2) is 5.99. The second-order valence-electron chi connectivity index (χ2n) is 5.57. The van der Waals surface area contributed by atoms with Crippen LogP contribution in [0.3, 0.4) is 0 Å². The van der Waals surface area contributed by atoms with Gasteiger partial charge in [-0.15, -0.1) is 0 Å². The Morgan fingerprint density at radius 1 is 1.31 bits per heavy atom. The summed E-state index contributed by atoms with van der Waals surface area (Å²) in [7, 11) is 2.24. The van der Waals surface area contributed by atoms with Gasteiger partial charge in [-0.25, -0.2) is 0 Å². The van der Waals surface area contributed by atoms with Crippen molar-refractivity contribution in [2.75, 3.05) is 39.8 Å². The standard InChI is InChI=1S/C13H27N3/c1-12-11-16(10-9-15(12)2)8-4-6-13-5-3-7-14-13/h12-14H,3-11H2,1-2H3. The van der Waals surface area contributed by atoms with Gasteiger partial charge in [-0.3, -0.25) is 0 Å². The molecule has 0 spiro atoms. The second-order valence-corrected chi connectivity index (χ2v) is 5.57. The van der Waals surface area contributed by atoms with E-state index in [4.69, 9.17) is 0 Å². The van der Waals surface area contributed by atoms with Crippen molar-refractivity contribution in [3.63, 3.8) is 0 Å². The topological polar surface area (TPSA) is 18.5 Å². The molecule has 2 atom stereocenters. The lowest BCUT2D eigenvalue weighted by molar-refractivity contribution is 0.103. The Morgan fingerprint density at radius 3 is 2.88 bits per heavy atom. The Morgan fingerprint density at radius 2 is 2.19 bits per heavy atom. The Bertz CT molecular complexity index is 201. The highest BCUT2D eigenvalue weighted by Crippen LogP contribution is 2.12. The number of nitrogens with one attached hydrogen (secondary N) is 1. The molecule has 2 heterocycles. The van der Waals surface area contributed by atoms with Crippen molar-refractivity contribution < 1.29 is 0 Å². The Kier molecular flexibility index (Phi) is 4.62. The maximum Gasteiger partial charge on any atom is 0.0192 e. The number of hydrogen-bond acceptors (Lipinski definition) is 3. The molecule has 2 saturated heterocycles. The van der Waals surface area contributed by atoms with Gasteiger partial charge in [0.15, 0.2) is 0 Å². The summed E-state index contributed by atoms with van der Waals surface area (Å²) >= 11 is 0. The van der Waals surface area contributed by atoms with Gasteiger partial charge < -0.3 is 15.1 Å². The Hall–Kier alpha value is -0.120. The lowest BCUT2D eigenvalue weighted by Crippen LogP contribution is -2.50. The van der Waals surface area contributed by atoms with E-state index in [0.29, 0.717) is 0 Å². The fourth-order valence-electron chi connectivity index (χ4n) is 2.89. The summed E-state index contributed by atoms with van der Waals surface area (Å²) in [4.78, 5) is 5.11. The Balaban J connectivity index is 1.59. The molecule has 2 aliphatic rings. The van der Waals surface area contributed by atoms with E-state index < -0.39 is 0 Å². The first kappa shape index (κ1) is 12.3. The molecule has 0 bridgehead atoms. The molecule has 1 N–H and O–H groups in total. The van der Waals surface area contributed by atoms with E-state index in [2.05, 4.69) is 29.1 Å². The quantitative estimate of drug-likeness (QED) is 0.774. The average Bonchev–Trinajstić information content (AvgIpc) is 2.76. The maximum atomic E-state index is 3.58. The van der Waals surface area contributed by atoms with Crippen LogP contribution in [0, 0.1) is 0 Å². The van der Waals surface area contributed by atoms with Crippen LogP contribution in [0.4, 0.5) is 0 Å². The number of nitrogens with zero attached hydrogens (tertiary/aromatic N) is 2. The summed E-state index contributed by atoms with van der Waals surface area (Å²) in [6.45, 7) is 8.65. The largest absolute Gasteiger partial charge is 0.314 e. The minimum absolute atomic E-state index is 0.735. The molecule has 2 rings (SSSR count). The first-order chi connectivity index (χ1) is 7.75. The maximum absolute atomic E-state index is 3.58. The first-order valence-electron chi connectivity index (χ1n) is 6.91. The molecule has 0 saturated carbocycles. The minimum atomic E-state index is 0.735. The summed E-state index contributed by atoms with van der Waals surface area (Å²) in [5.74, 6) is 0. The van der Waals surface area contributed by atoms with Crippen LogP contribution in [-0.4, -0.2) is 61.7 Å². The minimum Gasteiger partial charge on any atom is -0.314 e. The van der Waals surface area contributed by atoms with E-state index in [1.165, 1.54) is 58.4 Å². The van der Waals surface area contributed by atoms with Gasteiger partial charge in [0.25, 0.3) is 0 Å². The highest BCUT2D eigenvalue weighted by molar-refractivity contribution is 4.78. The summed E-state index contributed by atoms with van der Waals surface area (Å²) in [5, 5.41) is 3.58. The molecule has 2 unspecified atom stereocenters. The van der Waals surface area contributed by atoms with Gasteiger partial charge in [-0.05, 0) is 52.7 Å². The molecule has 0 aromatic rings. The molecular weight excluding hydrogens is 198 g/mol. The fraction of sp³-hybridized carbons (Fsp3) is 1.00. The first-order valence-corrected chi connectivity index (χ1v) is 6.91. The summed E-state index contributed by atoms with van der Waals surface area (Å²) in [5.41, 5.74) is 0. The zero-order chi connectivity index (χ0) is 11.4. The van der Waals surface area contributed by atoms with E-state index in [0.717, 1.165) is 12.1 Å². The number of likely N-dealkylation sites (N-methyl/N-ethyl adjacent to an activating group) is 1. The van der Waals surface area contributed by atoms with Crippen molar-refractivity contribution in [2.24, 2.45) is 0 Å². The molecule has 0 aromatic heterocycles. The molecule has 0 aliphatic carbocycles. The molecule has 3 nitrogen and oxygen atoms in total. The van der Waals surface area contributed by atoms with Crippen molar-refractivity contribution in [1.29, 1.82) is 0 Å². The van der Waals surface area contributed by atoms with E-state index in [1.54, 1.807) is 0 Å². The third-order valence-electron chi connectivity index (χ3n) is 4.23. The highest BCUT2D eigenvalue weighted by Gasteiger charge is 2.20. The van der Waals surface area contributed by atoms with E-state index in [-0.39, 0.29) is 0 Å². The summed E-state index contributed by atoms with van der Waals surface area (Å²) < 4.78 is 0. The van der Waals surface area contributed by atoms with Crippen LogP contribution >= 0.6 is 0 Å². The molecule has 0 aromatic carbocycles. The zero-order valence-corrected chi connectivity index (χ0v) is 10.9. The van der Waals surface area contributed by atoms with Crippen LogP contribution in [0.5, 0.6) is 0 Å². The van der Waals surface area contributed by atoms with E-state index in [1.807, 2.05) is 0 Å². The predicted molar refractivity (Wildman–Crippen MR) is 68.8 cm³/mol. The summed E-state index contributed by atoms with van der Waals surface area (Å²) in [6.07, 6.45) is 5.53. The number of hydrogen-bond donors (Lipinski definition) is 1. The molecular formula is C13H27N3. The van der Waals surface area contributed by atoms with Crippen LogP contribution < -0.4 is 5.32 Å². The van der Waals surface area contributed by atoms with Crippen molar-refractivity contribution in [3.8, 4) is 0 Å². The van der Waals surface area contributed by atoms with Crippen molar-refractivity contribution in [3.05, 3.63) is 0 Å². The summed E-state index contributed by atoms with van der Waals surface area (Å²) in [6, 6.07) is 1.56. The number of piperazine rings is 1. The average molecular weight is 225 g/mol. The molecule has 0 radical (unpaired) electrons. The SMILES string of the molecule is CC1CN(CCCC2CCCN2)CCN1C. The highest BCUT2D eigenvalue weighted by atomic mass is 15.3. The molecule has 16 heavy (non-hydrogen) atoms. The van der Waals surface area contributed by atoms with Crippen LogP contribution in [0.2, 0.25) is 0 Å². The molecule has 3 heteroatoms. The zero-order valence-electron chi connectivity index (χ0n) is 10.9. The van der Waals surface area contributed by atoms with Crippen LogP contribution in [0.25, 0.3) is 0 Å². The number of rotatable bonds is 4. The molecule has 94 valence electrons. The lowest BCUT2D eigenvalue weighted by atomic mass is 10.1. The third-order valence-corrected chi connectivity index (χ3v) is 4.23. The molecule has 0 amide bonds. The van der Waals surface area contributed by atoms with Crippen LogP contribution in [-0.2, 0) is 0 Å². The van der Waals surface area contributed by atoms with Gasteiger partial charge in [0.05, 0.1) is 0 Å². The smallest absolute Gasteiger partial charge is 0.0192 e. The third kappa shape index (κ3) is 3.44. The predicted octanol–water partition coefficient (Wildman–Crippen LogP) is 1.15. The van der Waals surface area contributed by atoms with Gasteiger partial charge in [0.2, 0.25) is 0 Å². The van der Waals surface area contributed by atoms with Crippen LogP contribution in [0.15, 0.2) is 0 Å². The van der Waals surface area contributed by atoms with E-state index in [9.17, 15) is 0 Å². The Labute approximate surface area is 100 Å². The van der Waals surface area contributed by atoms with Crippen molar-refractivity contribution in [1.82, 2.24) is 15.1 Å². The van der Waals surface area contributed by atoms with Crippen LogP contribution in [0.1, 0.15) is 32.6 Å². The normalized spacial score (nSPS) is 33.4. The molecule has 2 aliphatic heterocycles. The lowest BCUT2D eigenvalue weighted by Gasteiger charge is -2.37. The van der Waals surface area contributed by atoms with Gasteiger partial charge in [-0.2, -0.15) is 0 Å². The van der Waals surface area contributed by atoms with Gasteiger partial charge >= 0.3 is 0 Å². The fourth-order valence-corrected chi connectivity index (χ4v) is 2.89. The molecule has 2 fully saturated rings. The monoisotopic (exact) mass is 225 g/mol. The van der Waals surface area contributed by atoms with E-state index >= 15 is 0 Å². The van der Waals surface area contributed by atoms with Gasteiger partial charge in [0.1, 0.15) is 0 Å². The van der Waals surface area contributed by atoms with Gasteiger partial charge in [-0.1, -0.05) is 0 Å². The van der Waals surface area contributed by atoms with Crippen molar-refractivity contribution in [2.45, 2.75) is 44.7 Å². The van der Waals surface area contributed by atoms with Crippen molar-refractivity contribution >= 4 is 0 Å².